The van der Waals surface area contributed by atoms with E-state index in [4.69, 9.17) is 4.74 Å². The molecule has 112 valence electrons. The lowest BCUT2D eigenvalue weighted by molar-refractivity contribution is 0.139. The largest absolute Gasteiger partial charge is 0.445 e. The summed E-state index contributed by atoms with van der Waals surface area (Å²) < 4.78 is 7.45. The summed E-state index contributed by atoms with van der Waals surface area (Å²) in [5.41, 5.74) is 2.07. The molecule has 22 heavy (non-hydrogen) atoms. The standard InChI is InChI=1S/C17H14BrNO2S/c18-14-6-7-16-15(8-14)13(11-22-16)9-19-17(20)21-10-12-4-2-1-3-5-12/h1-8,11H,9-10H2,(H,19,20). The van der Waals surface area contributed by atoms with Crippen molar-refractivity contribution in [1.82, 2.24) is 5.32 Å². The molecule has 0 aliphatic rings. The van der Waals surface area contributed by atoms with E-state index in [0.29, 0.717) is 6.54 Å². The number of nitrogens with one attached hydrogen (secondary N) is 1. The van der Waals surface area contributed by atoms with Crippen LogP contribution in [0.15, 0.2) is 58.4 Å². The Balaban J connectivity index is 1.57. The number of rotatable bonds is 4. The molecule has 1 amide bonds. The van der Waals surface area contributed by atoms with Gasteiger partial charge in [-0.1, -0.05) is 46.3 Å². The van der Waals surface area contributed by atoms with Gasteiger partial charge in [0.25, 0.3) is 0 Å². The van der Waals surface area contributed by atoms with Crippen molar-refractivity contribution in [1.29, 1.82) is 0 Å². The van der Waals surface area contributed by atoms with Crippen LogP contribution in [-0.4, -0.2) is 6.09 Å². The maximum absolute atomic E-state index is 11.8. The van der Waals surface area contributed by atoms with Gasteiger partial charge in [0.05, 0.1) is 0 Å². The highest BCUT2D eigenvalue weighted by atomic mass is 79.9. The Kier molecular flexibility index (Phi) is 4.75. The maximum Gasteiger partial charge on any atom is 0.407 e. The van der Waals surface area contributed by atoms with Crippen molar-refractivity contribution in [3.63, 3.8) is 0 Å². The first-order valence-corrected chi connectivity index (χ1v) is 8.50. The van der Waals surface area contributed by atoms with Gasteiger partial charge >= 0.3 is 6.09 Å². The minimum atomic E-state index is -0.404. The molecule has 0 saturated carbocycles. The number of amides is 1. The second-order valence-electron chi connectivity index (χ2n) is 4.82. The van der Waals surface area contributed by atoms with Crippen LogP contribution in [0.1, 0.15) is 11.1 Å². The Morgan fingerprint density at radius 2 is 2.00 bits per heavy atom. The predicted molar refractivity (Wildman–Crippen MR) is 93.0 cm³/mol. The summed E-state index contributed by atoms with van der Waals surface area (Å²) in [4.78, 5) is 11.8. The molecule has 0 aliphatic heterocycles. The van der Waals surface area contributed by atoms with Crippen molar-refractivity contribution in [3.05, 3.63) is 69.5 Å². The zero-order valence-corrected chi connectivity index (χ0v) is 14.1. The van der Waals surface area contributed by atoms with Crippen molar-refractivity contribution in [2.75, 3.05) is 0 Å². The monoisotopic (exact) mass is 375 g/mol. The Morgan fingerprint density at radius 3 is 2.82 bits per heavy atom. The van der Waals surface area contributed by atoms with Crippen molar-refractivity contribution >= 4 is 43.4 Å². The molecule has 0 fully saturated rings. The van der Waals surface area contributed by atoms with Gasteiger partial charge in [0.1, 0.15) is 6.61 Å². The van der Waals surface area contributed by atoms with Crippen molar-refractivity contribution in [2.45, 2.75) is 13.2 Å². The molecule has 0 spiro atoms. The molecular weight excluding hydrogens is 362 g/mol. The van der Waals surface area contributed by atoms with Crippen LogP contribution in [0.25, 0.3) is 10.1 Å². The van der Waals surface area contributed by atoms with Crippen LogP contribution in [-0.2, 0) is 17.9 Å². The third-order valence-electron chi connectivity index (χ3n) is 3.25. The molecule has 3 rings (SSSR count). The molecule has 0 bridgehead atoms. The van der Waals surface area contributed by atoms with Gasteiger partial charge < -0.3 is 10.1 Å². The number of halogens is 1. The Bertz CT molecular complexity index is 786. The Hall–Kier alpha value is -1.85. The Labute approximate surface area is 141 Å². The highest BCUT2D eigenvalue weighted by Gasteiger charge is 2.07. The molecule has 1 N–H and O–H groups in total. The first kappa shape index (κ1) is 15.1. The van der Waals surface area contributed by atoms with E-state index in [1.807, 2.05) is 36.4 Å². The lowest BCUT2D eigenvalue weighted by Gasteiger charge is -2.07. The summed E-state index contributed by atoms with van der Waals surface area (Å²) in [7, 11) is 0. The van der Waals surface area contributed by atoms with Gasteiger partial charge in [-0.15, -0.1) is 11.3 Å². The molecule has 0 atom stereocenters. The molecule has 0 radical (unpaired) electrons. The third-order valence-corrected chi connectivity index (χ3v) is 4.76. The van der Waals surface area contributed by atoms with Crippen LogP contribution in [0.5, 0.6) is 0 Å². The van der Waals surface area contributed by atoms with Gasteiger partial charge in [0.15, 0.2) is 0 Å². The molecule has 3 nitrogen and oxygen atoms in total. The quantitative estimate of drug-likeness (QED) is 0.689. The van der Waals surface area contributed by atoms with Crippen LogP contribution in [0.3, 0.4) is 0 Å². The summed E-state index contributed by atoms with van der Waals surface area (Å²) >= 11 is 5.15. The van der Waals surface area contributed by atoms with Gasteiger partial charge in [0, 0.05) is 15.7 Å². The van der Waals surface area contributed by atoms with E-state index in [-0.39, 0.29) is 6.61 Å². The minimum absolute atomic E-state index is 0.280. The Morgan fingerprint density at radius 1 is 1.18 bits per heavy atom. The van der Waals surface area contributed by atoms with Crippen molar-refractivity contribution in [3.8, 4) is 0 Å². The first-order valence-electron chi connectivity index (χ1n) is 6.82. The molecule has 0 saturated heterocycles. The number of hydrogen-bond donors (Lipinski definition) is 1. The molecule has 3 aromatic rings. The van der Waals surface area contributed by atoms with E-state index in [1.54, 1.807) is 11.3 Å². The van der Waals surface area contributed by atoms with Crippen LogP contribution >= 0.6 is 27.3 Å². The summed E-state index contributed by atoms with van der Waals surface area (Å²) in [6.07, 6.45) is -0.404. The molecule has 5 heteroatoms. The fraction of sp³-hybridized carbons (Fsp3) is 0.118. The molecule has 2 aromatic carbocycles. The highest BCUT2D eigenvalue weighted by Crippen LogP contribution is 2.28. The van der Waals surface area contributed by atoms with Gasteiger partial charge in [0.2, 0.25) is 0 Å². The van der Waals surface area contributed by atoms with Gasteiger partial charge in [-0.3, -0.25) is 0 Å². The van der Waals surface area contributed by atoms with E-state index < -0.39 is 6.09 Å². The number of thiophene rings is 1. The summed E-state index contributed by atoms with van der Waals surface area (Å²) in [6, 6.07) is 15.8. The second kappa shape index (κ2) is 6.94. The number of hydrogen-bond acceptors (Lipinski definition) is 3. The van der Waals surface area contributed by atoms with Crippen molar-refractivity contribution in [2.24, 2.45) is 0 Å². The van der Waals surface area contributed by atoms with E-state index in [0.717, 1.165) is 21.0 Å². The first-order chi connectivity index (χ1) is 10.7. The van der Waals surface area contributed by atoms with Crippen LogP contribution in [0.2, 0.25) is 0 Å². The van der Waals surface area contributed by atoms with E-state index in [2.05, 4.69) is 38.8 Å². The summed E-state index contributed by atoms with van der Waals surface area (Å²) in [5.74, 6) is 0. The number of alkyl carbamates (subject to hydrolysis) is 1. The molecule has 0 unspecified atom stereocenters. The zero-order chi connectivity index (χ0) is 15.4. The molecular formula is C17H14BrNO2S. The average Bonchev–Trinajstić information content (AvgIpc) is 2.94. The number of benzene rings is 2. The van der Waals surface area contributed by atoms with Gasteiger partial charge in [-0.05, 0) is 40.1 Å². The summed E-state index contributed by atoms with van der Waals surface area (Å²) in [6.45, 7) is 0.743. The number of ether oxygens (including phenoxy) is 1. The van der Waals surface area contributed by atoms with E-state index >= 15 is 0 Å². The van der Waals surface area contributed by atoms with Gasteiger partial charge in [-0.25, -0.2) is 4.79 Å². The van der Waals surface area contributed by atoms with E-state index in [1.165, 1.54) is 4.70 Å². The van der Waals surface area contributed by atoms with Crippen LogP contribution in [0, 0.1) is 0 Å². The fourth-order valence-electron chi connectivity index (χ4n) is 2.13. The average molecular weight is 376 g/mol. The lowest BCUT2D eigenvalue weighted by atomic mass is 10.2. The topological polar surface area (TPSA) is 38.3 Å². The smallest absolute Gasteiger partial charge is 0.407 e. The van der Waals surface area contributed by atoms with Gasteiger partial charge in [-0.2, -0.15) is 0 Å². The molecule has 1 aromatic heterocycles. The van der Waals surface area contributed by atoms with Crippen LogP contribution in [0.4, 0.5) is 4.79 Å². The minimum Gasteiger partial charge on any atom is -0.445 e. The lowest BCUT2D eigenvalue weighted by Crippen LogP contribution is -2.23. The normalized spacial score (nSPS) is 10.6. The second-order valence-corrected chi connectivity index (χ2v) is 6.64. The van der Waals surface area contributed by atoms with Crippen molar-refractivity contribution < 1.29 is 9.53 Å². The summed E-state index contributed by atoms with van der Waals surface area (Å²) in [5, 5.41) is 6.02. The number of fused-ring (bicyclic) bond motifs is 1. The van der Waals surface area contributed by atoms with Crippen LogP contribution < -0.4 is 5.32 Å². The third kappa shape index (κ3) is 3.67. The fourth-order valence-corrected chi connectivity index (χ4v) is 3.44. The maximum atomic E-state index is 11.8. The predicted octanol–water partition coefficient (Wildman–Crippen LogP) is 5.09. The molecule has 1 heterocycles. The molecule has 0 aliphatic carbocycles. The number of carbonyl (C=O) groups excluding carboxylic acids is 1. The highest BCUT2D eigenvalue weighted by molar-refractivity contribution is 9.10. The number of carbonyl (C=O) groups is 1. The SMILES string of the molecule is O=C(NCc1csc2ccc(Br)cc12)OCc1ccccc1. The van der Waals surface area contributed by atoms with E-state index in [9.17, 15) is 4.79 Å². The zero-order valence-electron chi connectivity index (χ0n) is 11.7.